The van der Waals surface area contributed by atoms with Crippen LogP contribution in [0.3, 0.4) is 0 Å². The van der Waals surface area contributed by atoms with Crippen LogP contribution >= 0.6 is 23.1 Å². The van der Waals surface area contributed by atoms with Crippen LogP contribution in [0.15, 0.2) is 23.2 Å². The Morgan fingerprint density at radius 2 is 2.08 bits per heavy atom. The highest BCUT2D eigenvalue weighted by Crippen LogP contribution is 2.36. The number of fused-ring (bicyclic) bond motifs is 2. The van der Waals surface area contributed by atoms with Gasteiger partial charge in [-0.05, 0) is 31.0 Å². The molecule has 7 nitrogen and oxygen atoms in total. The monoisotopic (exact) mass is 388 g/mol. The third-order valence-corrected chi connectivity index (χ3v) is 5.89. The van der Waals surface area contributed by atoms with Crippen LogP contribution in [-0.4, -0.2) is 33.6 Å². The molecule has 0 bridgehead atoms. The Kier molecular flexibility index (Phi) is 4.64. The lowest BCUT2D eigenvalue weighted by Crippen LogP contribution is -2.14. The van der Waals surface area contributed by atoms with Crippen molar-refractivity contribution in [3.8, 4) is 11.5 Å². The molecule has 0 unspecified atom stereocenters. The fraction of sp³-hybridized carbons (Fsp3) is 0.294. The molecular weight excluding hydrogens is 372 g/mol. The molecule has 0 spiro atoms. The smallest absolute Gasteiger partial charge is 0.236 e. The van der Waals surface area contributed by atoms with Crippen LogP contribution < -0.4 is 14.8 Å². The van der Waals surface area contributed by atoms with Crippen molar-refractivity contribution in [2.75, 3.05) is 17.9 Å². The van der Waals surface area contributed by atoms with E-state index in [-0.39, 0.29) is 18.5 Å². The average Bonchev–Trinajstić information content (AvgIpc) is 3.26. The van der Waals surface area contributed by atoms with Gasteiger partial charge in [-0.3, -0.25) is 10.1 Å². The number of benzene rings is 1. The van der Waals surface area contributed by atoms with Crippen molar-refractivity contribution < 1.29 is 14.3 Å². The number of hydrogen-bond acceptors (Lipinski definition) is 8. The van der Waals surface area contributed by atoms with E-state index in [4.69, 9.17) is 9.47 Å². The molecular formula is C17H16N4O3S2. The van der Waals surface area contributed by atoms with E-state index in [1.165, 1.54) is 23.1 Å². The number of amides is 1. The number of pyridine rings is 1. The molecule has 4 rings (SSSR count). The van der Waals surface area contributed by atoms with Crippen molar-refractivity contribution in [3.63, 3.8) is 0 Å². The number of nitrogens with one attached hydrogen (secondary N) is 1. The van der Waals surface area contributed by atoms with Crippen LogP contribution in [0.1, 0.15) is 17.5 Å². The maximum atomic E-state index is 12.2. The summed E-state index contributed by atoms with van der Waals surface area (Å²) in [5.41, 5.74) is 1.83. The molecule has 0 fully saturated rings. The molecule has 26 heavy (non-hydrogen) atoms. The molecule has 0 aliphatic carbocycles. The number of rotatable bonds is 5. The molecule has 0 saturated carbocycles. The van der Waals surface area contributed by atoms with Crippen LogP contribution in [0.25, 0.3) is 10.9 Å². The summed E-state index contributed by atoms with van der Waals surface area (Å²) in [6.07, 6.45) is 0.806. The van der Waals surface area contributed by atoms with Gasteiger partial charge in [0.05, 0.1) is 11.3 Å². The Hall–Kier alpha value is -2.39. The lowest BCUT2D eigenvalue weighted by molar-refractivity contribution is -0.113. The van der Waals surface area contributed by atoms with Gasteiger partial charge in [-0.1, -0.05) is 30.0 Å². The van der Waals surface area contributed by atoms with Gasteiger partial charge in [-0.2, -0.15) is 0 Å². The Morgan fingerprint density at radius 1 is 1.27 bits per heavy atom. The van der Waals surface area contributed by atoms with Crippen molar-refractivity contribution >= 4 is 45.0 Å². The molecule has 0 radical (unpaired) electrons. The van der Waals surface area contributed by atoms with E-state index >= 15 is 0 Å². The number of ether oxygens (including phenoxy) is 2. The third kappa shape index (κ3) is 3.45. The quantitative estimate of drug-likeness (QED) is 0.670. The van der Waals surface area contributed by atoms with Crippen LogP contribution in [0.2, 0.25) is 0 Å². The molecule has 3 heterocycles. The predicted octanol–water partition coefficient (Wildman–Crippen LogP) is 3.42. The molecule has 1 amide bonds. The first-order chi connectivity index (χ1) is 12.6. The standard InChI is InChI=1S/C17H16N4O3S2/c1-3-15-20-21-17(26-15)19-14(22)7-25-16-9(2)4-10-5-12-13(24-8-23-12)6-11(10)18-16/h4-6H,3,7-8H2,1-2H3,(H,19,21,22). The average molecular weight is 388 g/mol. The summed E-state index contributed by atoms with van der Waals surface area (Å²) in [6.45, 7) is 4.22. The summed E-state index contributed by atoms with van der Waals surface area (Å²) in [5.74, 6) is 1.57. The Morgan fingerprint density at radius 3 is 2.85 bits per heavy atom. The summed E-state index contributed by atoms with van der Waals surface area (Å²) in [7, 11) is 0. The number of nitrogens with zero attached hydrogens (tertiary/aromatic N) is 3. The van der Waals surface area contributed by atoms with E-state index in [1.54, 1.807) is 0 Å². The van der Waals surface area contributed by atoms with Gasteiger partial charge < -0.3 is 9.47 Å². The topological polar surface area (TPSA) is 86.2 Å². The van der Waals surface area contributed by atoms with Crippen LogP contribution in [0, 0.1) is 6.92 Å². The number of anilines is 1. The first-order valence-electron chi connectivity index (χ1n) is 8.08. The molecule has 1 aliphatic heterocycles. The van der Waals surface area contributed by atoms with E-state index in [2.05, 4.69) is 20.5 Å². The second kappa shape index (κ2) is 7.08. The largest absolute Gasteiger partial charge is 0.454 e. The van der Waals surface area contributed by atoms with Gasteiger partial charge in [-0.25, -0.2) is 4.98 Å². The molecule has 0 atom stereocenters. The number of aromatic nitrogens is 3. The molecule has 2 aromatic heterocycles. The van der Waals surface area contributed by atoms with E-state index in [9.17, 15) is 4.79 Å². The Labute approximate surface area is 158 Å². The second-order valence-electron chi connectivity index (χ2n) is 5.70. The number of hydrogen-bond donors (Lipinski definition) is 1. The number of thioether (sulfide) groups is 1. The van der Waals surface area contributed by atoms with Crippen LogP contribution in [-0.2, 0) is 11.2 Å². The lowest BCUT2D eigenvalue weighted by Gasteiger charge is -2.08. The Bertz CT molecular complexity index is 990. The molecule has 9 heteroatoms. The minimum absolute atomic E-state index is 0.124. The minimum Gasteiger partial charge on any atom is -0.454 e. The van der Waals surface area contributed by atoms with Gasteiger partial charge in [0, 0.05) is 11.5 Å². The van der Waals surface area contributed by atoms with E-state index < -0.39 is 0 Å². The summed E-state index contributed by atoms with van der Waals surface area (Å²) < 4.78 is 10.8. The van der Waals surface area contributed by atoms with Gasteiger partial charge in [-0.15, -0.1) is 10.2 Å². The minimum atomic E-state index is -0.124. The second-order valence-corrected chi connectivity index (χ2v) is 7.73. The van der Waals surface area contributed by atoms with Crippen molar-refractivity contribution in [2.45, 2.75) is 25.3 Å². The van der Waals surface area contributed by atoms with Crippen LogP contribution in [0.5, 0.6) is 11.5 Å². The zero-order valence-electron chi connectivity index (χ0n) is 14.2. The van der Waals surface area contributed by atoms with Crippen molar-refractivity contribution in [1.29, 1.82) is 0 Å². The van der Waals surface area contributed by atoms with Crippen LogP contribution in [0.4, 0.5) is 5.13 Å². The zero-order valence-corrected chi connectivity index (χ0v) is 15.9. The fourth-order valence-corrected chi connectivity index (χ4v) is 4.02. The molecule has 1 N–H and O–H groups in total. The SMILES string of the molecule is CCc1nnc(NC(=O)CSc2nc3cc4c(cc3cc2C)OCO4)s1. The van der Waals surface area contributed by atoms with Crippen molar-refractivity contribution in [2.24, 2.45) is 0 Å². The lowest BCUT2D eigenvalue weighted by atomic mass is 10.1. The predicted molar refractivity (Wildman–Crippen MR) is 101 cm³/mol. The van der Waals surface area contributed by atoms with Crippen molar-refractivity contribution in [1.82, 2.24) is 15.2 Å². The normalized spacial score (nSPS) is 12.5. The summed E-state index contributed by atoms with van der Waals surface area (Å²) >= 11 is 2.79. The maximum absolute atomic E-state index is 12.2. The first kappa shape index (κ1) is 17.0. The maximum Gasteiger partial charge on any atom is 0.236 e. The van der Waals surface area contributed by atoms with Gasteiger partial charge in [0.25, 0.3) is 0 Å². The van der Waals surface area contributed by atoms with E-state index in [0.717, 1.165) is 38.7 Å². The molecule has 1 aliphatic rings. The molecule has 1 aromatic carbocycles. The van der Waals surface area contributed by atoms with Gasteiger partial charge in [0.2, 0.25) is 17.8 Å². The van der Waals surface area contributed by atoms with E-state index in [1.807, 2.05) is 32.0 Å². The first-order valence-corrected chi connectivity index (χ1v) is 9.88. The van der Waals surface area contributed by atoms with E-state index in [0.29, 0.717) is 10.9 Å². The van der Waals surface area contributed by atoms with Gasteiger partial charge >= 0.3 is 0 Å². The molecule has 0 saturated heterocycles. The number of carbonyl (C=O) groups excluding carboxylic acids is 1. The summed E-state index contributed by atoms with van der Waals surface area (Å²) in [4.78, 5) is 16.8. The zero-order chi connectivity index (χ0) is 18.1. The molecule has 3 aromatic rings. The number of aryl methyl sites for hydroxylation is 2. The Balaban J connectivity index is 1.47. The number of carbonyl (C=O) groups is 1. The summed E-state index contributed by atoms with van der Waals surface area (Å²) in [6, 6.07) is 5.84. The third-order valence-electron chi connectivity index (χ3n) is 3.81. The molecule has 134 valence electrons. The highest BCUT2D eigenvalue weighted by atomic mass is 32.2. The summed E-state index contributed by atoms with van der Waals surface area (Å²) in [5, 5.41) is 14.0. The van der Waals surface area contributed by atoms with Crippen molar-refractivity contribution in [3.05, 3.63) is 28.8 Å². The van der Waals surface area contributed by atoms with Gasteiger partial charge in [0.1, 0.15) is 10.0 Å². The highest BCUT2D eigenvalue weighted by molar-refractivity contribution is 8.00. The highest BCUT2D eigenvalue weighted by Gasteiger charge is 2.16. The van der Waals surface area contributed by atoms with Gasteiger partial charge in [0.15, 0.2) is 11.5 Å². The fourth-order valence-electron chi connectivity index (χ4n) is 2.53.